The van der Waals surface area contributed by atoms with Gasteiger partial charge in [0, 0.05) is 12.3 Å². The van der Waals surface area contributed by atoms with Gasteiger partial charge in [0.05, 0.1) is 12.1 Å². The lowest BCUT2D eigenvalue weighted by molar-refractivity contribution is -0.138. The van der Waals surface area contributed by atoms with Crippen molar-refractivity contribution in [2.75, 3.05) is 18.2 Å². The molecule has 0 aliphatic carbocycles. The summed E-state index contributed by atoms with van der Waals surface area (Å²) in [7, 11) is 0. The first-order valence-corrected chi connectivity index (χ1v) is 8.82. The lowest BCUT2D eigenvalue weighted by atomic mass is 10.1. The van der Waals surface area contributed by atoms with Crippen LogP contribution in [0, 0.1) is 5.92 Å². The number of aromatic carboxylic acids is 1. The van der Waals surface area contributed by atoms with Crippen LogP contribution in [0.15, 0.2) is 6.20 Å². The van der Waals surface area contributed by atoms with E-state index >= 15 is 0 Å². The van der Waals surface area contributed by atoms with Crippen LogP contribution in [0.1, 0.15) is 30.8 Å². The first kappa shape index (κ1) is 18.2. The number of hydrogen-bond donors (Lipinski definition) is 2. The van der Waals surface area contributed by atoms with E-state index in [2.05, 4.69) is 29.5 Å². The molecular formula is C14H21N5O4S. The van der Waals surface area contributed by atoms with Gasteiger partial charge in [-0.2, -0.15) is 0 Å². The van der Waals surface area contributed by atoms with Crippen molar-refractivity contribution in [3.05, 3.63) is 11.9 Å². The molecule has 24 heavy (non-hydrogen) atoms. The van der Waals surface area contributed by atoms with Crippen molar-refractivity contribution in [2.45, 2.75) is 32.9 Å². The van der Waals surface area contributed by atoms with E-state index in [1.54, 1.807) is 0 Å². The molecule has 1 aromatic heterocycles. The van der Waals surface area contributed by atoms with Crippen molar-refractivity contribution < 1.29 is 19.5 Å². The molecule has 9 nitrogen and oxygen atoms in total. The Bertz CT molecular complexity index is 618. The van der Waals surface area contributed by atoms with Gasteiger partial charge in [0.1, 0.15) is 12.6 Å². The molecule has 2 N–H and O–H groups in total. The molecule has 0 bridgehead atoms. The molecule has 0 aromatic carbocycles. The highest BCUT2D eigenvalue weighted by Crippen LogP contribution is 2.21. The fraction of sp³-hybridized carbons (Fsp3) is 0.643. The Morgan fingerprint density at radius 1 is 1.46 bits per heavy atom. The van der Waals surface area contributed by atoms with E-state index in [9.17, 15) is 14.4 Å². The highest BCUT2D eigenvalue weighted by molar-refractivity contribution is 7.99. The minimum atomic E-state index is -1.20. The van der Waals surface area contributed by atoms with Gasteiger partial charge in [-0.1, -0.05) is 19.1 Å². The maximum atomic E-state index is 12.4. The Morgan fingerprint density at radius 3 is 2.83 bits per heavy atom. The van der Waals surface area contributed by atoms with Crippen LogP contribution < -0.4 is 5.32 Å². The number of carboxylic acids is 1. The topological polar surface area (TPSA) is 117 Å². The van der Waals surface area contributed by atoms with E-state index < -0.39 is 12.0 Å². The monoisotopic (exact) mass is 355 g/mol. The standard InChI is InChI=1S/C14H21N5O4S/c1-9(2)3-4-15-13(21)11-7-24-8-19(11)12(20)6-18-5-10(14(22)23)16-17-18/h5,9,11H,3-4,6-8H2,1-2H3,(H,15,21)(H,22,23). The maximum absolute atomic E-state index is 12.4. The van der Waals surface area contributed by atoms with E-state index in [0.29, 0.717) is 24.1 Å². The number of amides is 2. The van der Waals surface area contributed by atoms with Gasteiger partial charge in [0.2, 0.25) is 11.8 Å². The summed E-state index contributed by atoms with van der Waals surface area (Å²) in [5.41, 5.74) is -0.221. The van der Waals surface area contributed by atoms with Gasteiger partial charge in [-0.05, 0) is 12.3 Å². The number of nitrogens with one attached hydrogen (secondary N) is 1. The van der Waals surface area contributed by atoms with Crippen molar-refractivity contribution in [3.63, 3.8) is 0 Å². The second-order valence-electron chi connectivity index (χ2n) is 5.96. The molecule has 1 fully saturated rings. The predicted molar refractivity (Wildman–Crippen MR) is 87.4 cm³/mol. The quantitative estimate of drug-likeness (QED) is 0.709. The van der Waals surface area contributed by atoms with Gasteiger partial charge in [-0.25, -0.2) is 9.48 Å². The lowest BCUT2D eigenvalue weighted by Gasteiger charge is -2.23. The Labute approximate surface area is 143 Å². The molecule has 2 rings (SSSR count). The van der Waals surface area contributed by atoms with Gasteiger partial charge in [0.25, 0.3) is 0 Å². The van der Waals surface area contributed by atoms with Crippen molar-refractivity contribution in [3.8, 4) is 0 Å². The summed E-state index contributed by atoms with van der Waals surface area (Å²) in [6.07, 6.45) is 2.08. The van der Waals surface area contributed by atoms with Crippen molar-refractivity contribution in [2.24, 2.45) is 5.92 Å². The Balaban J connectivity index is 1.92. The van der Waals surface area contributed by atoms with Gasteiger partial charge in [0.15, 0.2) is 5.69 Å². The average molecular weight is 355 g/mol. The van der Waals surface area contributed by atoms with Gasteiger partial charge < -0.3 is 15.3 Å². The molecule has 0 saturated carbocycles. The zero-order valence-corrected chi connectivity index (χ0v) is 14.5. The zero-order chi connectivity index (χ0) is 17.7. The van der Waals surface area contributed by atoms with Crippen LogP contribution in [0.4, 0.5) is 0 Å². The fourth-order valence-electron chi connectivity index (χ4n) is 2.21. The largest absolute Gasteiger partial charge is 0.476 e. The molecule has 132 valence electrons. The highest BCUT2D eigenvalue weighted by Gasteiger charge is 2.34. The SMILES string of the molecule is CC(C)CCNC(=O)C1CSCN1C(=O)Cn1cc(C(=O)O)nn1. The van der Waals surface area contributed by atoms with E-state index in [4.69, 9.17) is 5.11 Å². The lowest BCUT2D eigenvalue weighted by Crippen LogP contribution is -2.48. The van der Waals surface area contributed by atoms with Gasteiger partial charge >= 0.3 is 5.97 Å². The average Bonchev–Trinajstić information content (AvgIpc) is 3.15. The third-order valence-electron chi connectivity index (χ3n) is 3.58. The van der Waals surface area contributed by atoms with Crippen LogP contribution in [0.5, 0.6) is 0 Å². The molecule has 0 radical (unpaired) electrons. The van der Waals surface area contributed by atoms with Crippen molar-refractivity contribution in [1.29, 1.82) is 0 Å². The molecule has 0 spiro atoms. The molecule has 1 aromatic rings. The van der Waals surface area contributed by atoms with Crippen LogP contribution in [0.3, 0.4) is 0 Å². The first-order chi connectivity index (χ1) is 11.4. The molecule has 10 heteroatoms. The molecule has 1 aliphatic rings. The normalized spacial score (nSPS) is 17.3. The smallest absolute Gasteiger partial charge is 0.358 e. The van der Waals surface area contributed by atoms with E-state index in [1.807, 2.05) is 0 Å². The van der Waals surface area contributed by atoms with E-state index in [1.165, 1.54) is 27.5 Å². The number of carbonyl (C=O) groups is 3. The maximum Gasteiger partial charge on any atom is 0.358 e. The van der Waals surface area contributed by atoms with Crippen LogP contribution in [0.25, 0.3) is 0 Å². The molecular weight excluding hydrogens is 334 g/mol. The number of carboxylic acid groups (broad SMARTS) is 1. The third-order valence-corrected chi connectivity index (χ3v) is 4.59. The first-order valence-electron chi connectivity index (χ1n) is 7.67. The summed E-state index contributed by atoms with van der Waals surface area (Å²) in [6.45, 7) is 4.61. The second kappa shape index (κ2) is 8.13. The molecule has 1 unspecified atom stereocenters. The Kier molecular flexibility index (Phi) is 6.18. The van der Waals surface area contributed by atoms with Crippen LogP contribution in [0.2, 0.25) is 0 Å². The fourth-order valence-corrected chi connectivity index (χ4v) is 3.39. The number of carbonyl (C=O) groups excluding carboxylic acids is 2. The zero-order valence-electron chi connectivity index (χ0n) is 13.6. The van der Waals surface area contributed by atoms with Gasteiger partial charge in [-0.15, -0.1) is 16.9 Å². The summed E-state index contributed by atoms with van der Waals surface area (Å²) in [5.74, 6) is -0.160. The number of nitrogens with zero attached hydrogens (tertiary/aromatic N) is 4. The van der Waals surface area contributed by atoms with Crippen molar-refractivity contribution in [1.82, 2.24) is 25.2 Å². The van der Waals surface area contributed by atoms with E-state index in [-0.39, 0.29) is 24.1 Å². The number of thioether (sulfide) groups is 1. The van der Waals surface area contributed by atoms with Crippen LogP contribution in [-0.2, 0) is 16.1 Å². The molecule has 2 amide bonds. The predicted octanol–water partition coefficient (Wildman–Crippen LogP) is 0.0401. The summed E-state index contributed by atoms with van der Waals surface area (Å²) >= 11 is 1.51. The number of rotatable bonds is 7. The summed E-state index contributed by atoms with van der Waals surface area (Å²) in [6, 6.07) is -0.503. The molecule has 2 heterocycles. The number of aromatic nitrogens is 3. The molecule has 1 atom stereocenters. The third kappa shape index (κ3) is 4.70. The highest BCUT2D eigenvalue weighted by atomic mass is 32.2. The minimum absolute atomic E-state index is 0.142. The molecule has 1 saturated heterocycles. The second-order valence-corrected chi connectivity index (χ2v) is 6.96. The number of hydrogen-bond acceptors (Lipinski definition) is 6. The van der Waals surface area contributed by atoms with Crippen LogP contribution >= 0.6 is 11.8 Å². The van der Waals surface area contributed by atoms with Crippen molar-refractivity contribution >= 4 is 29.5 Å². The summed E-state index contributed by atoms with van der Waals surface area (Å²) in [4.78, 5) is 36.9. The summed E-state index contributed by atoms with van der Waals surface area (Å²) in [5, 5.41) is 18.8. The van der Waals surface area contributed by atoms with Crippen LogP contribution in [-0.4, -0.2) is 67.0 Å². The summed E-state index contributed by atoms with van der Waals surface area (Å²) < 4.78 is 1.17. The Morgan fingerprint density at radius 2 is 2.21 bits per heavy atom. The Hall–Kier alpha value is -2.10. The molecule has 1 aliphatic heterocycles. The minimum Gasteiger partial charge on any atom is -0.476 e. The van der Waals surface area contributed by atoms with E-state index in [0.717, 1.165) is 6.42 Å². The van der Waals surface area contributed by atoms with Gasteiger partial charge in [-0.3, -0.25) is 9.59 Å².